The molecule has 0 aliphatic heterocycles. The highest BCUT2D eigenvalue weighted by molar-refractivity contribution is 5.81. The van der Waals surface area contributed by atoms with E-state index in [0.717, 1.165) is 28.0 Å². The summed E-state index contributed by atoms with van der Waals surface area (Å²) < 4.78 is 3.83. The average molecular weight is 241 g/mol. The van der Waals surface area contributed by atoms with Crippen molar-refractivity contribution < 1.29 is 0 Å². The molecule has 0 saturated carbocycles. The summed E-state index contributed by atoms with van der Waals surface area (Å²) >= 11 is 0. The molecule has 0 radical (unpaired) electrons. The third kappa shape index (κ3) is 1.73. The minimum absolute atomic E-state index is 0.699. The van der Waals surface area contributed by atoms with Gasteiger partial charge in [0.15, 0.2) is 0 Å². The van der Waals surface area contributed by atoms with Crippen molar-refractivity contribution in [1.29, 1.82) is 0 Å². The molecule has 0 fully saturated rings. The van der Waals surface area contributed by atoms with Gasteiger partial charge in [-0.05, 0) is 31.2 Å². The first kappa shape index (κ1) is 10.8. The number of anilines is 1. The van der Waals surface area contributed by atoms with E-state index in [0.29, 0.717) is 6.54 Å². The number of nitrogens with zero attached hydrogens (tertiary/aromatic N) is 4. The van der Waals surface area contributed by atoms with Crippen molar-refractivity contribution in [3.8, 4) is 0 Å². The summed E-state index contributed by atoms with van der Waals surface area (Å²) in [5.74, 6) is 0. The number of aryl methyl sites for hydroxylation is 2. The van der Waals surface area contributed by atoms with Gasteiger partial charge in [0.2, 0.25) is 0 Å². The second kappa shape index (κ2) is 3.87. The maximum absolute atomic E-state index is 5.82. The van der Waals surface area contributed by atoms with Crippen LogP contribution >= 0.6 is 0 Å². The van der Waals surface area contributed by atoms with Gasteiger partial charge in [0.05, 0.1) is 29.6 Å². The number of aromatic nitrogens is 4. The Morgan fingerprint density at radius 3 is 2.83 bits per heavy atom. The van der Waals surface area contributed by atoms with Crippen molar-refractivity contribution in [2.75, 3.05) is 5.73 Å². The predicted molar refractivity (Wildman–Crippen MR) is 71.2 cm³/mol. The first-order valence-corrected chi connectivity index (χ1v) is 5.84. The standard InChI is InChI=1S/C13H15N5/c1-9-5-12(17(2)16-9)8-18-13-6-11(14)4-3-10(13)7-15-18/h3-7H,8,14H2,1-2H3. The smallest absolute Gasteiger partial charge is 0.0835 e. The molecule has 0 saturated heterocycles. The van der Waals surface area contributed by atoms with Crippen LogP contribution in [0.15, 0.2) is 30.5 Å². The van der Waals surface area contributed by atoms with E-state index >= 15 is 0 Å². The van der Waals surface area contributed by atoms with Crippen molar-refractivity contribution in [1.82, 2.24) is 19.6 Å². The van der Waals surface area contributed by atoms with Crippen LogP contribution < -0.4 is 5.73 Å². The topological polar surface area (TPSA) is 61.7 Å². The molecule has 5 heteroatoms. The van der Waals surface area contributed by atoms with Gasteiger partial charge in [-0.25, -0.2) is 0 Å². The third-order valence-electron chi connectivity index (χ3n) is 3.08. The summed E-state index contributed by atoms with van der Waals surface area (Å²) in [6.45, 7) is 2.69. The lowest BCUT2D eigenvalue weighted by molar-refractivity contribution is 0.632. The number of nitrogens with two attached hydrogens (primary N) is 1. The fraction of sp³-hybridized carbons (Fsp3) is 0.231. The molecule has 2 heterocycles. The van der Waals surface area contributed by atoms with Gasteiger partial charge in [0.1, 0.15) is 0 Å². The van der Waals surface area contributed by atoms with Gasteiger partial charge in [0, 0.05) is 18.1 Å². The Bertz CT molecular complexity index is 707. The molecule has 3 rings (SSSR count). The van der Waals surface area contributed by atoms with Crippen molar-refractivity contribution in [3.63, 3.8) is 0 Å². The lowest BCUT2D eigenvalue weighted by Gasteiger charge is -2.04. The first-order chi connectivity index (χ1) is 8.63. The van der Waals surface area contributed by atoms with E-state index < -0.39 is 0 Å². The maximum atomic E-state index is 5.82. The van der Waals surface area contributed by atoms with Crippen molar-refractivity contribution in [3.05, 3.63) is 41.9 Å². The van der Waals surface area contributed by atoms with Crippen LogP contribution in [0.1, 0.15) is 11.4 Å². The highest BCUT2D eigenvalue weighted by Crippen LogP contribution is 2.18. The first-order valence-electron chi connectivity index (χ1n) is 5.84. The summed E-state index contributed by atoms with van der Waals surface area (Å²) in [6, 6.07) is 7.90. The number of nitrogen functional groups attached to an aromatic ring is 1. The average Bonchev–Trinajstić information content (AvgIpc) is 2.84. The molecule has 2 N–H and O–H groups in total. The SMILES string of the molecule is Cc1cc(Cn2ncc3ccc(N)cc32)n(C)n1. The maximum Gasteiger partial charge on any atom is 0.0835 e. The second-order valence-electron chi connectivity index (χ2n) is 4.52. The zero-order valence-corrected chi connectivity index (χ0v) is 10.5. The molecular weight excluding hydrogens is 226 g/mol. The van der Waals surface area contributed by atoms with E-state index in [4.69, 9.17) is 5.73 Å². The van der Waals surface area contributed by atoms with Crippen molar-refractivity contribution in [2.45, 2.75) is 13.5 Å². The summed E-state index contributed by atoms with van der Waals surface area (Å²) in [6.07, 6.45) is 1.86. The van der Waals surface area contributed by atoms with E-state index in [-0.39, 0.29) is 0 Å². The van der Waals surface area contributed by atoms with Crippen LogP contribution in [0.5, 0.6) is 0 Å². The van der Waals surface area contributed by atoms with E-state index in [1.165, 1.54) is 0 Å². The summed E-state index contributed by atoms with van der Waals surface area (Å²) in [5.41, 5.74) is 9.77. The van der Waals surface area contributed by atoms with E-state index in [2.05, 4.69) is 16.3 Å². The Morgan fingerprint density at radius 1 is 1.28 bits per heavy atom. The molecule has 18 heavy (non-hydrogen) atoms. The Balaban J connectivity index is 2.05. The summed E-state index contributed by atoms with van der Waals surface area (Å²) in [4.78, 5) is 0. The molecule has 3 aromatic rings. The largest absolute Gasteiger partial charge is 0.399 e. The molecule has 0 spiro atoms. The molecule has 92 valence electrons. The van der Waals surface area contributed by atoms with Crippen LogP contribution in [-0.4, -0.2) is 19.6 Å². The van der Waals surface area contributed by atoms with Crippen LogP contribution in [0.4, 0.5) is 5.69 Å². The van der Waals surface area contributed by atoms with Gasteiger partial charge < -0.3 is 5.73 Å². The van der Waals surface area contributed by atoms with Gasteiger partial charge in [0.25, 0.3) is 0 Å². The number of hydrogen-bond donors (Lipinski definition) is 1. The Labute approximate surface area is 105 Å². The fourth-order valence-corrected chi connectivity index (χ4v) is 2.18. The predicted octanol–water partition coefficient (Wildman–Crippen LogP) is 1.71. The van der Waals surface area contributed by atoms with Crippen molar-refractivity contribution in [2.24, 2.45) is 7.05 Å². The van der Waals surface area contributed by atoms with Crippen LogP contribution in [0.25, 0.3) is 10.9 Å². The monoisotopic (exact) mass is 241 g/mol. The Kier molecular flexibility index (Phi) is 2.33. The van der Waals surface area contributed by atoms with Crippen LogP contribution in [0, 0.1) is 6.92 Å². The lowest BCUT2D eigenvalue weighted by Crippen LogP contribution is -2.06. The molecule has 0 aliphatic rings. The number of rotatable bonds is 2. The summed E-state index contributed by atoms with van der Waals surface area (Å²) in [5, 5.41) is 9.84. The molecule has 0 amide bonds. The molecule has 0 aliphatic carbocycles. The Hall–Kier alpha value is -2.30. The number of fused-ring (bicyclic) bond motifs is 1. The molecule has 0 bridgehead atoms. The second-order valence-corrected chi connectivity index (χ2v) is 4.52. The highest BCUT2D eigenvalue weighted by Gasteiger charge is 2.07. The third-order valence-corrected chi connectivity index (χ3v) is 3.08. The molecule has 0 unspecified atom stereocenters. The fourth-order valence-electron chi connectivity index (χ4n) is 2.18. The van der Waals surface area contributed by atoms with E-state index in [9.17, 15) is 0 Å². The van der Waals surface area contributed by atoms with Gasteiger partial charge in [-0.2, -0.15) is 10.2 Å². The van der Waals surface area contributed by atoms with Crippen LogP contribution in [-0.2, 0) is 13.6 Å². The lowest BCUT2D eigenvalue weighted by atomic mass is 10.2. The quantitative estimate of drug-likeness (QED) is 0.695. The van der Waals surface area contributed by atoms with Crippen molar-refractivity contribution >= 4 is 16.6 Å². The number of hydrogen-bond acceptors (Lipinski definition) is 3. The van der Waals surface area contributed by atoms with E-state index in [1.54, 1.807) is 0 Å². The van der Waals surface area contributed by atoms with Gasteiger partial charge in [-0.15, -0.1) is 0 Å². The molecule has 2 aromatic heterocycles. The number of benzene rings is 1. The van der Waals surface area contributed by atoms with Gasteiger partial charge in [-0.3, -0.25) is 9.36 Å². The minimum Gasteiger partial charge on any atom is -0.399 e. The zero-order chi connectivity index (χ0) is 12.7. The van der Waals surface area contributed by atoms with Gasteiger partial charge in [-0.1, -0.05) is 0 Å². The molecule has 1 aromatic carbocycles. The molecule has 0 atom stereocenters. The normalized spacial score (nSPS) is 11.2. The molecule has 5 nitrogen and oxygen atoms in total. The van der Waals surface area contributed by atoms with Gasteiger partial charge >= 0.3 is 0 Å². The highest BCUT2D eigenvalue weighted by atomic mass is 15.3. The summed E-state index contributed by atoms with van der Waals surface area (Å²) in [7, 11) is 1.95. The zero-order valence-electron chi connectivity index (χ0n) is 10.5. The molecular formula is C13H15N5. The van der Waals surface area contributed by atoms with Crippen LogP contribution in [0.3, 0.4) is 0 Å². The Morgan fingerprint density at radius 2 is 2.11 bits per heavy atom. The minimum atomic E-state index is 0.699. The van der Waals surface area contributed by atoms with Crippen LogP contribution in [0.2, 0.25) is 0 Å². The van der Waals surface area contributed by atoms with E-state index in [1.807, 2.05) is 47.7 Å².